The van der Waals surface area contributed by atoms with Gasteiger partial charge in [0.2, 0.25) is 0 Å². The maximum absolute atomic E-state index is 5.82. The van der Waals surface area contributed by atoms with E-state index in [1.54, 1.807) is 0 Å². The van der Waals surface area contributed by atoms with Gasteiger partial charge in [-0.25, -0.2) is 0 Å². The Kier molecular flexibility index (Phi) is 5.79. The lowest BCUT2D eigenvalue weighted by Crippen LogP contribution is -2.30. The summed E-state index contributed by atoms with van der Waals surface area (Å²) in [6, 6.07) is 0.726. The lowest BCUT2D eigenvalue weighted by atomic mass is 9.93. The van der Waals surface area contributed by atoms with Crippen molar-refractivity contribution in [3.63, 3.8) is 0 Å². The van der Waals surface area contributed by atoms with E-state index >= 15 is 0 Å². The highest BCUT2D eigenvalue weighted by Gasteiger charge is 2.21. The van der Waals surface area contributed by atoms with Crippen molar-refractivity contribution in [2.75, 3.05) is 13.7 Å². The van der Waals surface area contributed by atoms with Crippen LogP contribution in [0.4, 0.5) is 0 Å². The lowest BCUT2D eigenvalue weighted by Gasteiger charge is -2.26. The third kappa shape index (κ3) is 4.59. The Morgan fingerprint density at radius 3 is 2.53 bits per heavy atom. The molecule has 0 radical (unpaired) electrons. The van der Waals surface area contributed by atoms with Crippen LogP contribution in [0.3, 0.4) is 0 Å². The van der Waals surface area contributed by atoms with Gasteiger partial charge in [-0.05, 0) is 51.5 Å². The smallest absolute Gasteiger partial charge is 0.0575 e. The zero-order valence-electron chi connectivity index (χ0n) is 11.4. The second-order valence-corrected chi connectivity index (χ2v) is 5.94. The Morgan fingerprint density at radius 1 is 1.12 bits per heavy atom. The van der Waals surface area contributed by atoms with E-state index in [0.29, 0.717) is 6.10 Å². The molecule has 0 bridgehead atoms. The summed E-state index contributed by atoms with van der Waals surface area (Å²) in [7, 11) is 2.13. The molecular weight excluding hydrogens is 210 g/mol. The second-order valence-electron chi connectivity index (χ2n) is 5.94. The van der Waals surface area contributed by atoms with E-state index in [0.717, 1.165) is 18.6 Å². The van der Waals surface area contributed by atoms with Gasteiger partial charge < -0.3 is 10.1 Å². The molecule has 2 atom stereocenters. The monoisotopic (exact) mass is 239 g/mol. The van der Waals surface area contributed by atoms with E-state index in [9.17, 15) is 0 Å². The molecule has 1 saturated carbocycles. The van der Waals surface area contributed by atoms with Gasteiger partial charge in [-0.2, -0.15) is 0 Å². The van der Waals surface area contributed by atoms with E-state index in [4.69, 9.17) is 4.74 Å². The topological polar surface area (TPSA) is 21.3 Å². The standard InChI is InChI=1S/C15H29NO/c1-16-14(12-13-6-2-3-7-13)9-10-15-8-4-5-11-17-15/h13-16H,2-12H2,1H3. The quantitative estimate of drug-likeness (QED) is 0.766. The van der Waals surface area contributed by atoms with Gasteiger partial charge >= 0.3 is 0 Å². The van der Waals surface area contributed by atoms with Crippen LogP contribution in [0.15, 0.2) is 0 Å². The minimum absolute atomic E-state index is 0.558. The zero-order valence-corrected chi connectivity index (χ0v) is 11.4. The summed E-state index contributed by atoms with van der Waals surface area (Å²) in [6.45, 7) is 0.998. The molecule has 0 aromatic carbocycles. The Bertz CT molecular complexity index is 195. The van der Waals surface area contributed by atoms with Gasteiger partial charge in [-0.3, -0.25) is 0 Å². The number of nitrogens with one attached hydrogen (secondary N) is 1. The van der Waals surface area contributed by atoms with Gasteiger partial charge in [0.15, 0.2) is 0 Å². The molecule has 100 valence electrons. The van der Waals surface area contributed by atoms with Gasteiger partial charge in [-0.15, -0.1) is 0 Å². The highest BCUT2D eigenvalue weighted by atomic mass is 16.5. The van der Waals surface area contributed by atoms with Crippen LogP contribution >= 0.6 is 0 Å². The molecule has 1 saturated heterocycles. The van der Waals surface area contributed by atoms with Crippen LogP contribution in [0, 0.1) is 5.92 Å². The first-order chi connectivity index (χ1) is 8.38. The molecule has 2 heteroatoms. The molecular formula is C15H29NO. The van der Waals surface area contributed by atoms with E-state index in [-0.39, 0.29) is 0 Å². The van der Waals surface area contributed by atoms with Gasteiger partial charge in [0.25, 0.3) is 0 Å². The van der Waals surface area contributed by atoms with Crippen molar-refractivity contribution < 1.29 is 4.74 Å². The van der Waals surface area contributed by atoms with Gasteiger partial charge in [0.05, 0.1) is 6.10 Å². The molecule has 0 aromatic rings. The summed E-state index contributed by atoms with van der Waals surface area (Å²) >= 11 is 0. The summed E-state index contributed by atoms with van der Waals surface area (Å²) < 4.78 is 5.82. The van der Waals surface area contributed by atoms with Crippen LogP contribution in [0.25, 0.3) is 0 Å². The number of rotatable bonds is 6. The minimum atomic E-state index is 0.558. The maximum Gasteiger partial charge on any atom is 0.0575 e. The van der Waals surface area contributed by atoms with Crippen molar-refractivity contribution in [2.45, 2.75) is 76.4 Å². The maximum atomic E-state index is 5.82. The van der Waals surface area contributed by atoms with Crippen LogP contribution < -0.4 is 5.32 Å². The predicted octanol–water partition coefficient (Wildman–Crippen LogP) is 3.50. The van der Waals surface area contributed by atoms with Crippen LogP contribution in [-0.2, 0) is 4.74 Å². The van der Waals surface area contributed by atoms with Crippen LogP contribution in [0.1, 0.15) is 64.2 Å². The number of hydrogen-bond acceptors (Lipinski definition) is 2. The molecule has 2 rings (SSSR count). The van der Waals surface area contributed by atoms with E-state index in [1.165, 1.54) is 64.2 Å². The summed E-state index contributed by atoms with van der Waals surface area (Å²) in [5, 5.41) is 3.51. The molecule has 0 spiro atoms. The van der Waals surface area contributed by atoms with Crippen molar-refractivity contribution in [3.8, 4) is 0 Å². The third-order valence-electron chi connectivity index (χ3n) is 4.61. The van der Waals surface area contributed by atoms with Crippen molar-refractivity contribution >= 4 is 0 Å². The fourth-order valence-electron chi connectivity index (χ4n) is 3.45. The highest BCUT2D eigenvalue weighted by molar-refractivity contribution is 4.76. The molecule has 2 nitrogen and oxygen atoms in total. The zero-order chi connectivity index (χ0) is 11.9. The molecule has 1 heterocycles. The Balaban J connectivity index is 1.63. The highest BCUT2D eigenvalue weighted by Crippen LogP contribution is 2.29. The van der Waals surface area contributed by atoms with E-state index in [2.05, 4.69) is 12.4 Å². The first-order valence-corrected chi connectivity index (χ1v) is 7.67. The molecule has 17 heavy (non-hydrogen) atoms. The molecule has 1 aliphatic carbocycles. The fraction of sp³-hybridized carbons (Fsp3) is 1.00. The molecule has 2 unspecified atom stereocenters. The fourth-order valence-corrected chi connectivity index (χ4v) is 3.45. The molecule has 1 N–H and O–H groups in total. The predicted molar refractivity (Wildman–Crippen MR) is 72.2 cm³/mol. The summed E-state index contributed by atoms with van der Waals surface area (Å²) in [6.07, 6.45) is 14.3. The van der Waals surface area contributed by atoms with Crippen molar-refractivity contribution in [2.24, 2.45) is 5.92 Å². The largest absolute Gasteiger partial charge is 0.378 e. The average Bonchev–Trinajstić information content (AvgIpc) is 2.88. The van der Waals surface area contributed by atoms with E-state index < -0.39 is 0 Å². The van der Waals surface area contributed by atoms with Gasteiger partial charge in [0.1, 0.15) is 0 Å². The normalized spacial score (nSPS) is 28.4. The lowest BCUT2D eigenvalue weighted by molar-refractivity contribution is 0.00831. The Labute approximate surface area is 107 Å². The number of ether oxygens (including phenoxy) is 1. The molecule has 0 amide bonds. The summed E-state index contributed by atoms with van der Waals surface area (Å²) in [5.41, 5.74) is 0. The number of hydrogen-bond donors (Lipinski definition) is 1. The van der Waals surface area contributed by atoms with Gasteiger partial charge in [0, 0.05) is 12.6 Å². The van der Waals surface area contributed by atoms with Crippen molar-refractivity contribution in [3.05, 3.63) is 0 Å². The first kappa shape index (κ1) is 13.4. The Morgan fingerprint density at radius 2 is 1.88 bits per heavy atom. The van der Waals surface area contributed by atoms with Gasteiger partial charge in [-0.1, -0.05) is 25.7 Å². The summed E-state index contributed by atoms with van der Waals surface area (Å²) in [5.74, 6) is 1.000. The molecule has 1 aliphatic heterocycles. The average molecular weight is 239 g/mol. The van der Waals surface area contributed by atoms with Crippen LogP contribution in [0.5, 0.6) is 0 Å². The molecule has 2 aliphatic rings. The second kappa shape index (κ2) is 7.38. The van der Waals surface area contributed by atoms with Crippen LogP contribution in [0.2, 0.25) is 0 Å². The molecule has 0 aromatic heterocycles. The minimum Gasteiger partial charge on any atom is -0.378 e. The van der Waals surface area contributed by atoms with Crippen LogP contribution in [-0.4, -0.2) is 25.8 Å². The molecule has 2 fully saturated rings. The summed E-state index contributed by atoms with van der Waals surface area (Å²) in [4.78, 5) is 0. The SMILES string of the molecule is CNC(CCC1CCCCO1)CC1CCCC1. The van der Waals surface area contributed by atoms with E-state index in [1.807, 2.05) is 0 Å². The first-order valence-electron chi connectivity index (χ1n) is 7.67. The van der Waals surface area contributed by atoms with Crippen molar-refractivity contribution in [1.82, 2.24) is 5.32 Å². The van der Waals surface area contributed by atoms with Crippen molar-refractivity contribution in [1.29, 1.82) is 0 Å². The third-order valence-corrected chi connectivity index (χ3v) is 4.61. The Hall–Kier alpha value is -0.0800.